The Balaban J connectivity index is 1.74. The number of halogens is 1. The van der Waals surface area contributed by atoms with Crippen molar-refractivity contribution in [2.45, 2.75) is 62.2 Å². The molecule has 0 radical (unpaired) electrons. The van der Waals surface area contributed by atoms with Crippen LogP contribution >= 0.6 is 22.6 Å². The molecule has 1 saturated carbocycles. The summed E-state index contributed by atoms with van der Waals surface area (Å²) in [4.78, 5) is 1.97. The van der Waals surface area contributed by atoms with E-state index in [1.54, 1.807) is 0 Å². The summed E-state index contributed by atoms with van der Waals surface area (Å²) in [5, 5.41) is 11.0. The average Bonchev–Trinajstić information content (AvgIpc) is 2.75. The Morgan fingerprint density at radius 1 is 1.19 bits per heavy atom. The average molecular weight is 499 g/mol. The SMILES string of the molecule is C[C@H]([C@@H]1CC[C@@H](C)[C@]2(I)CC[C@H](C)OCC12)[C@@H](O)N1CCS(=O)(=O)CC1. The number of rotatable bonds is 3. The second-order valence-electron chi connectivity index (χ2n) is 8.82. The van der Waals surface area contributed by atoms with Gasteiger partial charge in [0.25, 0.3) is 0 Å². The number of aliphatic hydroxyl groups is 1. The first-order valence-electron chi connectivity index (χ1n) is 10.1. The Hall–Kier alpha value is 0.560. The summed E-state index contributed by atoms with van der Waals surface area (Å²) >= 11 is 2.70. The first kappa shape index (κ1) is 21.3. The van der Waals surface area contributed by atoms with E-state index in [0.717, 1.165) is 19.4 Å². The maximum Gasteiger partial charge on any atom is 0.152 e. The van der Waals surface area contributed by atoms with Crippen LogP contribution in [0.3, 0.4) is 0 Å². The molecule has 2 heterocycles. The van der Waals surface area contributed by atoms with Crippen LogP contribution in [0.4, 0.5) is 0 Å². The Bertz CT molecular complexity index is 586. The molecule has 2 aliphatic heterocycles. The Labute approximate surface area is 172 Å². The molecule has 0 aromatic carbocycles. The van der Waals surface area contributed by atoms with Crippen LogP contribution in [0, 0.1) is 23.7 Å². The third-order valence-electron chi connectivity index (χ3n) is 7.28. The molecule has 1 unspecified atom stereocenters. The van der Waals surface area contributed by atoms with Gasteiger partial charge < -0.3 is 9.84 Å². The van der Waals surface area contributed by atoms with Gasteiger partial charge in [-0.25, -0.2) is 8.42 Å². The van der Waals surface area contributed by atoms with Crippen LogP contribution in [-0.2, 0) is 14.6 Å². The number of fused-ring (bicyclic) bond motifs is 1. The number of alkyl halides is 1. The number of ether oxygens (including phenoxy) is 1. The smallest absolute Gasteiger partial charge is 0.152 e. The Morgan fingerprint density at radius 2 is 1.85 bits per heavy atom. The summed E-state index contributed by atoms with van der Waals surface area (Å²) in [6.07, 6.45) is 4.36. The van der Waals surface area contributed by atoms with E-state index in [0.29, 0.717) is 36.9 Å². The van der Waals surface area contributed by atoms with E-state index >= 15 is 0 Å². The standard InChI is InChI=1S/C19H34INO4S/c1-13-4-5-16(17-12-25-14(2)6-7-19(13,17)20)15(3)18(22)21-8-10-26(23,24)11-9-21/h13-18,22H,4-12H2,1-3H3/t13-,14+,15-,16+,17?,18-,19-/m1/s1. The van der Waals surface area contributed by atoms with E-state index in [1.165, 1.54) is 12.8 Å². The monoisotopic (exact) mass is 499 g/mol. The molecular weight excluding hydrogens is 465 g/mol. The molecule has 152 valence electrons. The van der Waals surface area contributed by atoms with Crippen LogP contribution in [0.25, 0.3) is 0 Å². The van der Waals surface area contributed by atoms with E-state index in [-0.39, 0.29) is 20.8 Å². The summed E-state index contributed by atoms with van der Waals surface area (Å²) in [6, 6.07) is 0. The van der Waals surface area contributed by atoms with Gasteiger partial charge in [0.1, 0.15) is 6.23 Å². The highest BCUT2D eigenvalue weighted by molar-refractivity contribution is 14.1. The molecule has 7 heteroatoms. The van der Waals surface area contributed by atoms with Crippen LogP contribution in [0.15, 0.2) is 0 Å². The molecule has 3 fully saturated rings. The van der Waals surface area contributed by atoms with Gasteiger partial charge in [0.2, 0.25) is 0 Å². The van der Waals surface area contributed by atoms with Crippen molar-refractivity contribution >= 4 is 32.4 Å². The van der Waals surface area contributed by atoms with Crippen molar-refractivity contribution in [3.8, 4) is 0 Å². The van der Waals surface area contributed by atoms with Gasteiger partial charge in [-0.1, -0.05) is 36.4 Å². The third-order valence-corrected chi connectivity index (χ3v) is 11.3. The predicted octanol–water partition coefficient (Wildman–Crippen LogP) is 2.71. The summed E-state index contributed by atoms with van der Waals surface area (Å²) in [6.45, 7) is 8.38. The second kappa shape index (κ2) is 8.13. The van der Waals surface area contributed by atoms with E-state index in [1.807, 2.05) is 4.90 Å². The molecule has 0 aromatic rings. The minimum Gasteiger partial charge on any atom is -0.378 e. The zero-order valence-corrected chi connectivity index (χ0v) is 19.2. The zero-order valence-electron chi connectivity index (χ0n) is 16.2. The molecular formula is C19H34INO4S. The van der Waals surface area contributed by atoms with Crippen molar-refractivity contribution in [2.75, 3.05) is 31.2 Å². The molecule has 7 atom stereocenters. The third kappa shape index (κ3) is 4.26. The quantitative estimate of drug-likeness (QED) is 0.478. The van der Waals surface area contributed by atoms with Gasteiger partial charge in [-0.15, -0.1) is 0 Å². The van der Waals surface area contributed by atoms with Crippen molar-refractivity contribution in [3.05, 3.63) is 0 Å². The van der Waals surface area contributed by atoms with Crippen LogP contribution in [-0.4, -0.2) is 65.4 Å². The predicted molar refractivity (Wildman–Crippen MR) is 112 cm³/mol. The fraction of sp³-hybridized carbons (Fsp3) is 1.00. The van der Waals surface area contributed by atoms with Gasteiger partial charge in [0, 0.05) is 22.4 Å². The highest BCUT2D eigenvalue weighted by Gasteiger charge is 2.51. The number of aliphatic hydroxyl groups excluding tert-OH is 1. The molecule has 3 rings (SSSR count). The lowest BCUT2D eigenvalue weighted by molar-refractivity contribution is -0.0794. The van der Waals surface area contributed by atoms with Crippen LogP contribution in [0.5, 0.6) is 0 Å². The summed E-state index contributed by atoms with van der Waals surface area (Å²) < 4.78 is 29.8. The van der Waals surface area contributed by atoms with Gasteiger partial charge in [0.15, 0.2) is 9.84 Å². The summed E-state index contributed by atoms with van der Waals surface area (Å²) in [5.74, 6) is 2.00. The van der Waals surface area contributed by atoms with Crippen molar-refractivity contribution in [2.24, 2.45) is 23.7 Å². The molecule has 0 aromatic heterocycles. The molecule has 2 saturated heterocycles. The summed E-state index contributed by atoms with van der Waals surface area (Å²) in [5.41, 5.74) is 0. The second-order valence-corrected chi connectivity index (χ2v) is 13.1. The maximum absolute atomic E-state index is 11.7. The molecule has 1 aliphatic carbocycles. The number of nitrogens with zero attached hydrogens (tertiary/aromatic N) is 1. The van der Waals surface area contributed by atoms with Crippen molar-refractivity contribution < 1.29 is 18.3 Å². The van der Waals surface area contributed by atoms with Gasteiger partial charge in [-0.05, 0) is 50.4 Å². The normalized spacial score (nSPS) is 43.9. The van der Waals surface area contributed by atoms with Crippen LogP contribution < -0.4 is 0 Å². The first-order chi connectivity index (χ1) is 12.1. The Morgan fingerprint density at radius 3 is 2.50 bits per heavy atom. The van der Waals surface area contributed by atoms with E-state index in [9.17, 15) is 13.5 Å². The fourth-order valence-electron chi connectivity index (χ4n) is 5.25. The van der Waals surface area contributed by atoms with Crippen molar-refractivity contribution in [1.29, 1.82) is 0 Å². The first-order valence-corrected chi connectivity index (χ1v) is 13.0. The lowest BCUT2D eigenvalue weighted by Gasteiger charge is -2.51. The van der Waals surface area contributed by atoms with Crippen LogP contribution in [0.1, 0.15) is 46.5 Å². The van der Waals surface area contributed by atoms with E-state index < -0.39 is 16.1 Å². The molecule has 1 N–H and O–H groups in total. The molecule has 3 aliphatic rings. The topological polar surface area (TPSA) is 66.8 Å². The highest BCUT2D eigenvalue weighted by atomic mass is 127. The molecule has 0 spiro atoms. The molecule has 26 heavy (non-hydrogen) atoms. The Kier molecular flexibility index (Phi) is 6.65. The largest absolute Gasteiger partial charge is 0.378 e. The lowest BCUT2D eigenvalue weighted by atomic mass is 9.62. The number of sulfone groups is 1. The highest BCUT2D eigenvalue weighted by Crippen LogP contribution is 2.54. The number of hydrogen-bond acceptors (Lipinski definition) is 5. The zero-order chi connectivity index (χ0) is 19.1. The lowest BCUT2D eigenvalue weighted by Crippen LogP contribution is -2.54. The minimum absolute atomic E-state index is 0.124. The van der Waals surface area contributed by atoms with Crippen molar-refractivity contribution in [3.63, 3.8) is 0 Å². The maximum atomic E-state index is 11.7. The van der Waals surface area contributed by atoms with E-state index in [4.69, 9.17) is 4.74 Å². The molecule has 0 amide bonds. The molecule has 5 nitrogen and oxygen atoms in total. The summed E-state index contributed by atoms with van der Waals surface area (Å²) in [7, 11) is -2.92. The van der Waals surface area contributed by atoms with Gasteiger partial charge in [-0.2, -0.15) is 0 Å². The van der Waals surface area contributed by atoms with Gasteiger partial charge in [-0.3, -0.25) is 4.90 Å². The fourth-order valence-corrected chi connectivity index (χ4v) is 7.74. The molecule has 0 bridgehead atoms. The van der Waals surface area contributed by atoms with Gasteiger partial charge >= 0.3 is 0 Å². The van der Waals surface area contributed by atoms with E-state index in [2.05, 4.69) is 43.4 Å². The van der Waals surface area contributed by atoms with Crippen LogP contribution in [0.2, 0.25) is 0 Å². The van der Waals surface area contributed by atoms with Crippen molar-refractivity contribution in [1.82, 2.24) is 4.90 Å². The number of hydrogen-bond donors (Lipinski definition) is 1. The minimum atomic E-state index is -2.92. The van der Waals surface area contributed by atoms with Gasteiger partial charge in [0.05, 0.1) is 24.2 Å².